The van der Waals surface area contributed by atoms with Crippen LogP contribution in [0.2, 0.25) is 0 Å². The van der Waals surface area contributed by atoms with Gasteiger partial charge in [-0.2, -0.15) is 5.26 Å². The van der Waals surface area contributed by atoms with Gasteiger partial charge in [0.25, 0.3) is 0 Å². The molecule has 0 aromatic rings. The van der Waals surface area contributed by atoms with Crippen molar-refractivity contribution >= 4 is 0 Å². The molecule has 0 aliphatic heterocycles. The van der Waals surface area contributed by atoms with Crippen LogP contribution in [0, 0.1) is 11.3 Å². The van der Waals surface area contributed by atoms with Gasteiger partial charge in [-0.15, -0.1) is 0 Å². The Morgan fingerprint density at radius 3 is 2.62 bits per heavy atom. The summed E-state index contributed by atoms with van der Waals surface area (Å²) in [4.78, 5) is 0. The number of ether oxygens (including phenoxy) is 1. The molecule has 0 saturated heterocycles. The molecule has 3 heteroatoms. The van der Waals surface area contributed by atoms with Crippen LogP contribution < -0.4 is 0 Å². The molecule has 1 fully saturated rings. The predicted octanol–water partition coefficient (Wildman–Crippen LogP) is 1.61. The van der Waals surface area contributed by atoms with E-state index < -0.39 is 5.60 Å². The standard InChI is InChI=1S/C10H17NO2/c11-7-9-13-8-6-10(12)4-2-1-3-5-10/h12H,1-6,8-9H2. The van der Waals surface area contributed by atoms with Crippen molar-refractivity contribution in [2.45, 2.75) is 44.1 Å². The Balaban J connectivity index is 2.14. The average Bonchev–Trinajstić information content (AvgIpc) is 2.14. The van der Waals surface area contributed by atoms with Gasteiger partial charge in [0.05, 0.1) is 18.3 Å². The van der Waals surface area contributed by atoms with Gasteiger partial charge in [0.15, 0.2) is 0 Å². The average molecular weight is 183 g/mol. The largest absolute Gasteiger partial charge is 0.390 e. The summed E-state index contributed by atoms with van der Waals surface area (Å²) in [6, 6.07) is 1.91. The molecular formula is C10H17NO2. The van der Waals surface area contributed by atoms with E-state index in [2.05, 4.69) is 0 Å². The van der Waals surface area contributed by atoms with Gasteiger partial charge >= 0.3 is 0 Å². The van der Waals surface area contributed by atoms with Crippen molar-refractivity contribution in [3.05, 3.63) is 0 Å². The van der Waals surface area contributed by atoms with E-state index in [4.69, 9.17) is 10.00 Å². The lowest BCUT2D eigenvalue weighted by Crippen LogP contribution is -2.32. The number of hydrogen-bond donors (Lipinski definition) is 1. The quantitative estimate of drug-likeness (QED) is 0.674. The Labute approximate surface area is 79.3 Å². The summed E-state index contributed by atoms with van der Waals surface area (Å²) in [6.07, 6.45) is 5.94. The normalized spacial score (nSPS) is 20.9. The van der Waals surface area contributed by atoms with E-state index in [-0.39, 0.29) is 6.61 Å². The molecule has 0 radical (unpaired) electrons. The van der Waals surface area contributed by atoms with Gasteiger partial charge in [-0.25, -0.2) is 0 Å². The third-order valence-corrected chi connectivity index (χ3v) is 2.66. The molecule has 1 saturated carbocycles. The monoisotopic (exact) mass is 183 g/mol. The first kappa shape index (κ1) is 10.5. The van der Waals surface area contributed by atoms with Crippen LogP contribution in [0.5, 0.6) is 0 Å². The van der Waals surface area contributed by atoms with Crippen LogP contribution in [0.15, 0.2) is 0 Å². The molecular weight excluding hydrogens is 166 g/mol. The molecule has 0 aromatic heterocycles. The van der Waals surface area contributed by atoms with Crippen molar-refractivity contribution in [3.63, 3.8) is 0 Å². The second-order valence-corrected chi connectivity index (χ2v) is 3.75. The maximum atomic E-state index is 10.0. The fraction of sp³-hybridized carbons (Fsp3) is 0.900. The van der Waals surface area contributed by atoms with E-state index in [9.17, 15) is 5.11 Å². The van der Waals surface area contributed by atoms with Crippen molar-refractivity contribution in [1.82, 2.24) is 0 Å². The Bertz CT molecular complexity index is 180. The highest BCUT2D eigenvalue weighted by Gasteiger charge is 2.28. The summed E-state index contributed by atoms with van der Waals surface area (Å²) >= 11 is 0. The lowest BCUT2D eigenvalue weighted by atomic mass is 9.83. The summed E-state index contributed by atoms with van der Waals surface area (Å²) in [5, 5.41) is 18.2. The molecule has 74 valence electrons. The van der Waals surface area contributed by atoms with E-state index in [0.717, 1.165) is 25.7 Å². The highest BCUT2D eigenvalue weighted by atomic mass is 16.5. The second kappa shape index (κ2) is 5.21. The predicted molar refractivity (Wildman–Crippen MR) is 49.1 cm³/mol. The molecule has 1 N–H and O–H groups in total. The summed E-state index contributed by atoms with van der Waals surface area (Å²) in [5.74, 6) is 0. The van der Waals surface area contributed by atoms with E-state index >= 15 is 0 Å². The maximum Gasteiger partial charge on any atom is 0.133 e. The van der Waals surface area contributed by atoms with E-state index in [0.29, 0.717) is 13.0 Å². The summed E-state index contributed by atoms with van der Waals surface area (Å²) in [7, 11) is 0. The third-order valence-electron chi connectivity index (χ3n) is 2.66. The van der Waals surface area contributed by atoms with Gasteiger partial charge in [-0.05, 0) is 19.3 Å². The fourth-order valence-corrected chi connectivity index (χ4v) is 1.84. The molecule has 0 unspecified atom stereocenters. The van der Waals surface area contributed by atoms with Crippen LogP contribution in [0.1, 0.15) is 38.5 Å². The van der Waals surface area contributed by atoms with Crippen molar-refractivity contribution in [3.8, 4) is 6.07 Å². The van der Waals surface area contributed by atoms with E-state index in [1.165, 1.54) is 6.42 Å². The molecule has 1 aliphatic rings. The first-order valence-electron chi connectivity index (χ1n) is 4.94. The minimum absolute atomic E-state index is 0.135. The Kier molecular flexibility index (Phi) is 4.20. The van der Waals surface area contributed by atoms with Crippen LogP contribution in [0.3, 0.4) is 0 Å². The molecule has 1 rings (SSSR count). The summed E-state index contributed by atoms with van der Waals surface area (Å²) in [5.41, 5.74) is -0.506. The molecule has 0 atom stereocenters. The van der Waals surface area contributed by atoms with Gasteiger partial charge in [0, 0.05) is 0 Å². The second-order valence-electron chi connectivity index (χ2n) is 3.75. The first-order chi connectivity index (χ1) is 6.27. The molecule has 0 bridgehead atoms. The molecule has 0 amide bonds. The molecule has 0 aromatic carbocycles. The SMILES string of the molecule is N#CCOCCC1(O)CCCCC1. The summed E-state index contributed by atoms with van der Waals surface area (Å²) in [6.45, 7) is 0.639. The summed E-state index contributed by atoms with van der Waals surface area (Å²) < 4.78 is 5.03. The Morgan fingerprint density at radius 1 is 1.31 bits per heavy atom. The number of nitrogens with zero attached hydrogens (tertiary/aromatic N) is 1. The van der Waals surface area contributed by atoms with Crippen LogP contribution in [-0.4, -0.2) is 23.9 Å². The van der Waals surface area contributed by atoms with Crippen LogP contribution in [0.25, 0.3) is 0 Å². The zero-order valence-electron chi connectivity index (χ0n) is 7.96. The topological polar surface area (TPSA) is 53.2 Å². The van der Waals surface area contributed by atoms with Crippen LogP contribution >= 0.6 is 0 Å². The van der Waals surface area contributed by atoms with Gasteiger partial charge in [0.2, 0.25) is 0 Å². The van der Waals surface area contributed by atoms with Gasteiger partial charge in [0.1, 0.15) is 6.61 Å². The maximum absolute atomic E-state index is 10.0. The van der Waals surface area contributed by atoms with Crippen LogP contribution in [-0.2, 0) is 4.74 Å². The molecule has 3 nitrogen and oxygen atoms in total. The Hall–Kier alpha value is -0.590. The molecule has 13 heavy (non-hydrogen) atoms. The minimum Gasteiger partial charge on any atom is -0.390 e. The van der Waals surface area contributed by atoms with Crippen molar-refractivity contribution in [1.29, 1.82) is 5.26 Å². The van der Waals surface area contributed by atoms with Crippen molar-refractivity contribution in [2.75, 3.05) is 13.2 Å². The lowest BCUT2D eigenvalue weighted by Gasteiger charge is -2.31. The minimum atomic E-state index is -0.506. The van der Waals surface area contributed by atoms with E-state index in [1.54, 1.807) is 0 Å². The fourth-order valence-electron chi connectivity index (χ4n) is 1.84. The highest BCUT2D eigenvalue weighted by molar-refractivity contribution is 4.82. The lowest BCUT2D eigenvalue weighted by molar-refractivity contribution is -0.0242. The van der Waals surface area contributed by atoms with Crippen LogP contribution in [0.4, 0.5) is 0 Å². The number of rotatable bonds is 4. The third kappa shape index (κ3) is 3.75. The zero-order valence-corrected chi connectivity index (χ0v) is 7.96. The van der Waals surface area contributed by atoms with Gasteiger partial charge in [-0.1, -0.05) is 19.3 Å². The molecule has 0 spiro atoms. The van der Waals surface area contributed by atoms with Crippen molar-refractivity contribution < 1.29 is 9.84 Å². The van der Waals surface area contributed by atoms with E-state index in [1.807, 2.05) is 6.07 Å². The molecule has 0 heterocycles. The smallest absolute Gasteiger partial charge is 0.133 e. The Morgan fingerprint density at radius 2 is 2.00 bits per heavy atom. The van der Waals surface area contributed by atoms with Gasteiger partial charge < -0.3 is 9.84 Å². The number of nitriles is 1. The van der Waals surface area contributed by atoms with Gasteiger partial charge in [-0.3, -0.25) is 0 Å². The van der Waals surface area contributed by atoms with Crippen molar-refractivity contribution in [2.24, 2.45) is 0 Å². The highest BCUT2D eigenvalue weighted by Crippen LogP contribution is 2.30. The first-order valence-corrected chi connectivity index (χ1v) is 4.94. The number of hydrogen-bond acceptors (Lipinski definition) is 3. The molecule has 1 aliphatic carbocycles. The number of aliphatic hydroxyl groups is 1. The zero-order chi connectivity index (χ0) is 9.57.